The first kappa shape index (κ1) is 23.5. The number of rotatable bonds is 4. The molecule has 2 aliphatic heterocycles. The van der Waals surface area contributed by atoms with E-state index in [1.807, 2.05) is 11.8 Å². The monoisotopic (exact) mass is 450 g/mol. The minimum absolute atomic E-state index is 0.0961. The Bertz CT molecular complexity index is 888. The topological polar surface area (TPSA) is 143 Å². The van der Waals surface area contributed by atoms with Crippen LogP contribution in [0.3, 0.4) is 0 Å². The summed E-state index contributed by atoms with van der Waals surface area (Å²) in [6.07, 6.45) is 6.39. The van der Waals surface area contributed by atoms with Crippen molar-refractivity contribution in [1.29, 1.82) is 0 Å². The molecular formula is C20H27FN6O5. The molecule has 2 atom stereocenters. The molecule has 2 aromatic rings. The van der Waals surface area contributed by atoms with E-state index in [1.165, 1.54) is 0 Å². The minimum atomic E-state index is -0.860. The summed E-state index contributed by atoms with van der Waals surface area (Å²) < 4.78 is 20.7. The predicted octanol–water partition coefficient (Wildman–Crippen LogP) is 0.208. The number of carbonyl (C=O) groups is 2. The first-order valence-corrected chi connectivity index (χ1v) is 10.2. The molecule has 174 valence electrons. The summed E-state index contributed by atoms with van der Waals surface area (Å²) in [5.74, 6) is -0.221. The van der Waals surface area contributed by atoms with Crippen molar-refractivity contribution < 1.29 is 28.9 Å². The highest BCUT2D eigenvalue weighted by Crippen LogP contribution is 2.40. The number of carboxylic acid groups (broad SMARTS) is 1. The molecule has 3 N–H and O–H groups in total. The number of amides is 1. The van der Waals surface area contributed by atoms with Gasteiger partial charge in [0.15, 0.2) is 5.82 Å². The molecule has 0 bridgehead atoms. The molecule has 2 saturated heterocycles. The van der Waals surface area contributed by atoms with Gasteiger partial charge in [-0.05, 0) is 32.3 Å². The highest BCUT2D eigenvalue weighted by molar-refractivity contribution is 5.76. The van der Waals surface area contributed by atoms with E-state index in [1.54, 1.807) is 23.1 Å². The molecular weight excluding hydrogens is 423 g/mol. The molecule has 2 aromatic heterocycles. The van der Waals surface area contributed by atoms with Crippen molar-refractivity contribution in [2.75, 3.05) is 24.6 Å². The van der Waals surface area contributed by atoms with Gasteiger partial charge in [-0.25, -0.2) is 14.4 Å². The molecule has 4 rings (SSSR count). The third-order valence-corrected chi connectivity index (χ3v) is 5.90. The van der Waals surface area contributed by atoms with Crippen LogP contribution in [-0.4, -0.2) is 79.3 Å². The number of hydrogen-bond acceptors (Lipinski definition) is 8. The van der Waals surface area contributed by atoms with Gasteiger partial charge < -0.3 is 25.2 Å². The standard InChI is InChI=1S/C19H25FN6O3.CH2O2/c1-18(24-15(27)13-26-7-2-6-23-26)5-10-29-19(16(18)28)3-8-25(9-4-19)17-21-11-14(20)12-22-17;2-1-3/h2,6-7,11-12,16,28H,3-5,8-10,13H2,1H3,(H,24,27);1H,(H,2,3)/t16-,18+;/m1./s1. The van der Waals surface area contributed by atoms with Crippen LogP contribution in [0.15, 0.2) is 30.9 Å². The van der Waals surface area contributed by atoms with Gasteiger partial charge in [-0.3, -0.25) is 14.3 Å². The summed E-state index contributed by atoms with van der Waals surface area (Å²) in [5.41, 5.74) is -1.54. The predicted molar refractivity (Wildman–Crippen MR) is 110 cm³/mol. The highest BCUT2D eigenvalue weighted by Gasteiger charge is 2.54. The van der Waals surface area contributed by atoms with E-state index in [4.69, 9.17) is 14.6 Å². The lowest BCUT2D eigenvalue weighted by Gasteiger charge is -2.53. The third kappa shape index (κ3) is 5.19. The van der Waals surface area contributed by atoms with Gasteiger partial charge in [0.05, 0.1) is 23.5 Å². The van der Waals surface area contributed by atoms with Gasteiger partial charge in [0.2, 0.25) is 11.9 Å². The van der Waals surface area contributed by atoms with Gasteiger partial charge in [0.25, 0.3) is 6.47 Å². The molecule has 0 aromatic carbocycles. The maximum Gasteiger partial charge on any atom is 0.290 e. The lowest BCUT2D eigenvalue weighted by Crippen LogP contribution is -2.69. The van der Waals surface area contributed by atoms with Gasteiger partial charge in [-0.15, -0.1) is 0 Å². The van der Waals surface area contributed by atoms with Crippen molar-refractivity contribution in [2.24, 2.45) is 0 Å². The minimum Gasteiger partial charge on any atom is -0.483 e. The maximum atomic E-state index is 13.1. The number of aliphatic hydroxyl groups is 1. The summed E-state index contributed by atoms with van der Waals surface area (Å²) >= 11 is 0. The molecule has 0 unspecified atom stereocenters. The second kappa shape index (κ2) is 10.0. The van der Waals surface area contributed by atoms with Crippen LogP contribution in [0, 0.1) is 5.82 Å². The van der Waals surface area contributed by atoms with Crippen LogP contribution in [0.4, 0.5) is 10.3 Å². The second-order valence-electron chi connectivity index (χ2n) is 8.03. The quantitative estimate of drug-likeness (QED) is 0.557. The van der Waals surface area contributed by atoms with Crippen molar-refractivity contribution in [3.63, 3.8) is 0 Å². The van der Waals surface area contributed by atoms with Crippen molar-refractivity contribution in [3.8, 4) is 0 Å². The Morgan fingerprint density at radius 3 is 2.59 bits per heavy atom. The van der Waals surface area contributed by atoms with Crippen LogP contribution in [0.1, 0.15) is 26.2 Å². The number of nitrogens with zero attached hydrogens (tertiary/aromatic N) is 5. The van der Waals surface area contributed by atoms with Crippen LogP contribution < -0.4 is 10.2 Å². The van der Waals surface area contributed by atoms with Gasteiger partial charge in [-0.1, -0.05) is 0 Å². The SMILES string of the molecule is C[C@]1(NC(=O)Cn2cccn2)CCOC2(CCN(c3ncc(F)cn3)CC2)[C@@H]1O.O=CO. The van der Waals surface area contributed by atoms with E-state index in [9.17, 15) is 14.3 Å². The zero-order chi connectivity index (χ0) is 23.2. The van der Waals surface area contributed by atoms with Crippen LogP contribution in [0.2, 0.25) is 0 Å². The number of ether oxygens (including phenoxy) is 1. The van der Waals surface area contributed by atoms with Crippen LogP contribution >= 0.6 is 0 Å². The number of aromatic nitrogens is 4. The number of piperidine rings is 1. The summed E-state index contributed by atoms with van der Waals surface area (Å²) in [6.45, 7) is 3.29. The number of aliphatic hydroxyl groups excluding tert-OH is 1. The Hall–Kier alpha value is -3.12. The van der Waals surface area contributed by atoms with E-state index in [0.29, 0.717) is 44.9 Å². The van der Waals surface area contributed by atoms with Crippen molar-refractivity contribution in [2.45, 2.75) is 50.0 Å². The number of halogens is 1. The molecule has 1 amide bonds. The fourth-order valence-electron chi connectivity index (χ4n) is 4.26. The van der Waals surface area contributed by atoms with E-state index >= 15 is 0 Å². The van der Waals surface area contributed by atoms with Crippen LogP contribution in [-0.2, 0) is 20.9 Å². The lowest BCUT2D eigenvalue weighted by atomic mass is 9.73. The molecule has 0 saturated carbocycles. The van der Waals surface area contributed by atoms with Gasteiger partial charge in [0, 0.05) is 32.1 Å². The van der Waals surface area contributed by atoms with Gasteiger partial charge in [-0.2, -0.15) is 5.10 Å². The second-order valence-corrected chi connectivity index (χ2v) is 8.03. The molecule has 0 aliphatic carbocycles. The summed E-state index contributed by atoms with van der Waals surface area (Å²) in [7, 11) is 0. The maximum absolute atomic E-state index is 13.1. The van der Waals surface area contributed by atoms with Crippen molar-refractivity contribution in [1.82, 2.24) is 25.1 Å². The number of nitrogens with one attached hydrogen (secondary N) is 1. The molecule has 12 heteroatoms. The summed E-state index contributed by atoms with van der Waals surface area (Å²) in [5, 5.41) is 25.1. The Balaban J connectivity index is 0.000000913. The smallest absolute Gasteiger partial charge is 0.290 e. The highest BCUT2D eigenvalue weighted by atomic mass is 19.1. The molecule has 32 heavy (non-hydrogen) atoms. The fraction of sp³-hybridized carbons (Fsp3) is 0.550. The lowest BCUT2D eigenvalue weighted by molar-refractivity contribution is -0.198. The average molecular weight is 450 g/mol. The fourth-order valence-corrected chi connectivity index (χ4v) is 4.26. The zero-order valence-corrected chi connectivity index (χ0v) is 17.7. The summed E-state index contributed by atoms with van der Waals surface area (Å²) in [6, 6.07) is 1.76. The zero-order valence-electron chi connectivity index (χ0n) is 17.7. The first-order chi connectivity index (χ1) is 15.3. The number of anilines is 1. The first-order valence-electron chi connectivity index (χ1n) is 10.2. The average Bonchev–Trinajstić information content (AvgIpc) is 3.27. The summed E-state index contributed by atoms with van der Waals surface area (Å²) in [4.78, 5) is 30.9. The Morgan fingerprint density at radius 2 is 2.00 bits per heavy atom. The Labute approximate surface area is 184 Å². The molecule has 1 spiro atoms. The molecule has 11 nitrogen and oxygen atoms in total. The van der Waals surface area contributed by atoms with Crippen LogP contribution in [0.5, 0.6) is 0 Å². The van der Waals surface area contributed by atoms with E-state index < -0.39 is 23.1 Å². The molecule has 2 fully saturated rings. The van der Waals surface area contributed by atoms with E-state index in [0.717, 1.165) is 12.4 Å². The van der Waals surface area contributed by atoms with Crippen molar-refractivity contribution >= 4 is 18.3 Å². The van der Waals surface area contributed by atoms with Crippen molar-refractivity contribution in [3.05, 3.63) is 36.7 Å². The van der Waals surface area contributed by atoms with Crippen LogP contribution in [0.25, 0.3) is 0 Å². The Kier molecular flexibility index (Phi) is 7.36. The Morgan fingerprint density at radius 1 is 1.34 bits per heavy atom. The normalized spacial score (nSPS) is 24.3. The third-order valence-electron chi connectivity index (χ3n) is 5.90. The molecule has 2 aliphatic rings. The molecule has 4 heterocycles. The largest absolute Gasteiger partial charge is 0.483 e. The van der Waals surface area contributed by atoms with E-state index in [-0.39, 0.29) is 18.9 Å². The van der Waals surface area contributed by atoms with E-state index in [2.05, 4.69) is 20.4 Å². The number of carbonyl (C=O) groups excluding carboxylic acids is 1. The van der Waals surface area contributed by atoms with Gasteiger partial charge >= 0.3 is 0 Å². The number of hydrogen-bond donors (Lipinski definition) is 3. The molecule has 0 radical (unpaired) electrons. The van der Waals surface area contributed by atoms with Gasteiger partial charge in [0.1, 0.15) is 12.6 Å².